The summed E-state index contributed by atoms with van der Waals surface area (Å²) < 4.78 is 0. The quantitative estimate of drug-likeness (QED) is 0.913. The molecule has 0 spiro atoms. The molecule has 96 valence electrons. The molecule has 1 heterocycles. The third-order valence-electron chi connectivity index (χ3n) is 3.02. The Morgan fingerprint density at radius 3 is 2.50 bits per heavy atom. The summed E-state index contributed by atoms with van der Waals surface area (Å²) in [6, 6.07) is 9.83. The highest BCUT2D eigenvalue weighted by atomic mass is 32.1. The molecule has 0 radical (unpaired) electrons. The fourth-order valence-electron chi connectivity index (χ4n) is 2.06. The largest absolute Gasteiger partial charge is 0.384 e. The van der Waals surface area contributed by atoms with Crippen LogP contribution < -0.4 is 0 Å². The summed E-state index contributed by atoms with van der Waals surface area (Å²) in [6.07, 6.45) is -0.522. The minimum atomic E-state index is -0.522. The molecule has 18 heavy (non-hydrogen) atoms. The van der Waals surface area contributed by atoms with E-state index in [4.69, 9.17) is 0 Å². The first-order valence-electron chi connectivity index (χ1n) is 6.04. The molecule has 1 unspecified atom stereocenters. The first-order valence-corrected chi connectivity index (χ1v) is 6.92. The molecule has 0 aliphatic rings. The lowest BCUT2D eigenvalue weighted by molar-refractivity contribution is 0.218. The zero-order chi connectivity index (χ0) is 13.1. The van der Waals surface area contributed by atoms with E-state index in [0.29, 0.717) is 0 Å². The third kappa shape index (κ3) is 2.80. The van der Waals surface area contributed by atoms with Crippen molar-refractivity contribution in [3.8, 4) is 0 Å². The number of hydrogen-bond donors (Lipinski definition) is 1. The predicted molar refractivity (Wildman–Crippen MR) is 77.0 cm³/mol. The van der Waals surface area contributed by atoms with Gasteiger partial charge >= 0.3 is 0 Å². The number of benzene rings is 1. The number of hydrogen-bond acceptors (Lipinski definition) is 3. The minimum Gasteiger partial charge on any atom is -0.384 e. The average Bonchev–Trinajstić information content (AvgIpc) is 2.71. The van der Waals surface area contributed by atoms with E-state index in [2.05, 4.69) is 31.3 Å². The van der Waals surface area contributed by atoms with E-state index in [-0.39, 0.29) is 0 Å². The molecule has 3 heteroatoms. The highest BCUT2D eigenvalue weighted by Crippen LogP contribution is 2.31. The Hall–Kier alpha value is -1.16. The van der Waals surface area contributed by atoms with Crippen LogP contribution in [0.3, 0.4) is 0 Å². The second-order valence-corrected chi connectivity index (χ2v) is 5.86. The summed E-state index contributed by atoms with van der Waals surface area (Å²) in [5.41, 5.74) is 3.24. The van der Waals surface area contributed by atoms with Gasteiger partial charge in [-0.1, -0.05) is 30.3 Å². The van der Waals surface area contributed by atoms with Gasteiger partial charge in [-0.25, -0.2) is 0 Å². The van der Waals surface area contributed by atoms with Gasteiger partial charge in [-0.15, -0.1) is 11.3 Å². The van der Waals surface area contributed by atoms with Crippen molar-refractivity contribution in [2.24, 2.45) is 0 Å². The van der Waals surface area contributed by atoms with Crippen LogP contribution in [0.15, 0.2) is 35.7 Å². The van der Waals surface area contributed by atoms with E-state index < -0.39 is 6.10 Å². The summed E-state index contributed by atoms with van der Waals surface area (Å²) >= 11 is 1.71. The van der Waals surface area contributed by atoms with Crippen LogP contribution in [0.5, 0.6) is 0 Å². The standard InChI is InChI=1S/C15H19NOS/c1-11-13(9-16(2)3)14(10-18-11)15(17)12-7-5-4-6-8-12/h4-8,10,15,17H,9H2,1-3H3. The van der Waals surface area contributed by atoms with Crippen LogP contribution in [0.1, 0.15) is 27.7 Å². The first-order chi connectivity index (χ1) is 8.59. The van der Waals surface area contributed by atoms with Gasteiger partial charge in [-0.2, -0.15) is 0 Å². The Morgan fingerprint density at radius 2 is 1.89 bits per heavy atom. The van der Waals surface area contributed by atoms with Crippen LogP contribution in [0.25, 0.3) is 0 Å². The van der Waals surface area contributed by atoms with Crippen molar-refractivity contribution in [1.29, 1.82) is 0 Å². The fourth-order valence-corrected chi connectivity index (χ4v) is 2.96. The van der Waals surface area contributed by atoms with Gasteiger partial charge in [0.1, 0.15) is 6.10 Å². The van der Waals surface area contributed by atoms with E-state index in [0.717, 1.165) is 17.7 Å². The van der Waals surface area contributed by atoms with E-state index in [9.17, 15) is 5.11 Å². The molecule has 2 rings (SSSR count). The molecule has 0 fully saturated rings. The topological polar surface area (TPSA) is 23.5 Å². The Bertz CT molecular complexity index is 504. The summed E-state index contributed by atoms with van der Waals surface area (Å²) in [4.78, 5) is 3.42. The molecule has 0 aliphatic carbocycles. The van der Waals surface area contributed by atoms with Crippen LogP contribution in [-0.2, 0) is 6.54 Å². The molecule has 2 aromatic rings. The fraction of sp³-hybridized carbons (Fsp3) is 0.333. The Labute approximate surface area is 113 Å². The first kappa shape index (κ1) is 13.3. The molecule has 1 aromatic heterocycles. The molecule has 1 aromatic carbocycles. The van der Waals surface area contributed by atoms with Gasteiger partial charge in [0.15, 0.2) is 0 Å². The molecule has 0 aliphatic heterocycles. The number of aliphatic hydroxyl groups is 1. The molecule has 2 nitrogen and oxygen atoms in total. The summed E-state index contributed by atoms with van der Waals surface area (Å²) in [7, 11) is 4.10. The van der Waals surface area contributed by atoms with Crippen molar-refractivity contribution in [2.45, 2.75) is 19.6 Å². The van der Waals surface area contributed by atoms with Crippen LogP contribution >= 0.6 is 11.3 Å². The van der Waals surface area contributed by atoms with Crippen LogP contribution in [0.4, 0.5) is 0 Å². The van der Waals surface area contributed by atoms with Gasteiger partial charge in [-0.3, -0.25) is 0 Å². The van der Waals surface area contributed by atoms with Crippen molar-refractivity contribution in [3.05, 3.63) is 57.3 Å². The van der Waals surface area contributed by atoms with Gasteiger partial charge < -0.3 is 10.0 Å². The van der Waals surface area contributed by atoms with E-state index in [1.165, 1.54) is 10.4 Å². The van der Waals surface area contributed by atoms with E-state index >= 15 is 0 Å². The lowest BCUT2D eigenvalue weighted by atomic mass is 9.99. The second-order valence-electron chi connectivity index (χ2n) is 4.78. The maximum absolute atomic E-state index is 10.5. The zero-order valence-corrected chi connectivity index (χ0v) is 11.9. The molecule has 0 amide bonds. The van der Waals surface area contributed by atoms with Gasteiger partial charge in [0.2, 0.25) is 0 Å². The average molecular weight is 261 g/mol. The minimum absolute atomic E-state index is 0.522. The number of nitrogens with zero attached hydrogens (tertiary/aromatic N) is 1. The van der Waals surface area contributed by atoms with Crippen LogP contribution in [-0.4, -0.2) is 24.1 Å². The summed E-state index contributed by atoms with van der Waals surface area (Å²) in [6.45, 7) is 2.99. The maximum atomic E-state index is 10.5. The number of aliphatic hydroxyl groups excluding tert-OH is 1. The second kappa shape index (κ2) is 5.65. The molecule has 0 saturated carbocycles. The van der Waals surface area contributed by atoms with Gasteiger partial charge in [0, 0.05) is 17.0 Å². The Kier molecular flexibility index (Phi) is 4.17. The predicted octanol–water partition coefficient (Wildman–Crippen LogP) is 3.20. The zero-order valence-electron chi connectivity index (χ0n) is 11.1. The lowest BCUT2D eigenvalue weighted by Gasteiger charge is -2.16. The number of thiophene rings is 1. The molecular weight excluding hydrogens is 242 g/mol. The monoisotopic (exact) mass is 261 g/mol. The molecule has 0 saturated heterocycles. The lowest BCUT2D eigenvalue weighted by Crippen LogP contribution is -2.13. The number of rotatable bonds is 4. The van der Waals surface area contributed by atoms with Gasteiger partial charge in [0.25, 0.3) is 0 Å². The molecule has 0 bridgehead atoms. The molecular formula is C15H19NOS. The normalized spacial score (nSPS) is 12.9. The van der Waals surface area contributed by atoms with Gasteiger partial charge in [0.05, 0.1) is 0 Å². The highest BCUT2D eigenvalue weighted by molar-refractivity contribution is 7.10. The maximum Gasteiger partial charge on any atom is 0.105 e. The van der Waals surface area contributed by atoms with E-state index in [1.54, 1.807) is 11.3 Å². The molecule has 1 N–H and O–H groups in total. The van der Waals surface area contributed by atoms with Crippen molar-refractivity contribution in [3.63, 3.8) is 0 Å². The molecule has 1 atom stereocenters. The van der Waals surface area contributed by atoms with E-state index in [1.807, 2.05) is 30.3 Å². The van der Waals surface area contributed by atoms with Crippen molar-refractivity contribution in [1.82, 2.24) is 4.90 Å². The van der Waals surface area contributed by atoms with Crippen molar-refractivity contribution >= 4 is 11.3 Å². The Morgan fingerprint density at radius 1 is 1.22 bits per heavy atom. The summed E-state index contributed by atoms with van der Waals surface area (Å²) in [5, 5.41) is 12.6. The van der Waals surface area contributed by atoms with Gasteiger partial charge in [-0.05, 0) is 37.5 Å². The van der Waals surface area contributed by atoms with Crippen LogP contribution in [0, 0.1) is 6.92 Å². The smallest absolute Gasteiger partial charge is 0.105 e. The van der Waals surface area contributed by atoms with Crippen LogP contribution in [0.2, 0.25) is 0 Å². The van der Waals surface area contributed by atoms with Crippen molar-refractivity contribution < 1.29 is 5.11 Å². The highest BCUT2D eigenvalue weighted by Gasteiger charge is 2.18. The summed E-state index contributed by atoms with van der Waals surface area (Å²) in [5.74, 6) is 0. The third-order valence-corrected chi connectivity index (χ3v) is 3.99. The Balaban J connectivity index is 2.33. The van der Waals surface area contributed by atoms with Crippen molar-refractivity contribution in [2.75, 3.05) is 14.1 Å². The SMILES string of the molecule is Cc1scc(C(O)c2ccccc2)c1CN(C)C. The number of aryl methyl sites for hydroxylation is 1.